The smallest absolute Gasteiger partial charge is 0.239 e. The molecule has 0 aromatic heterocycles. The molecule has 0 N–H and O–H groups in total. The van der Waals surface area contributed by atoms with Crippen LogP contribution in [0.5, 0.6) is 0 Å². The van der Waals surface area contributed by atoms with Crippen molar-refractivity contribution in [2.45, 2.75) is 12.7 Å². The van der Waals surface area contributed by atoms with Crippen LogP contribution in [-0.4, -0.2) is 15.0 Å². The average molecular weight is 275 g/mol. The molecule has 2 aromatic carbocycles. The lowest BCUT2D eigenvalue weighted by atomic mass is 10.2. The molecule has 0 aliphatic rings. The highest BCUT2D eigenvalue weighted by Crippen LogP contribution is 2.19. The fourth-order valence-corrected chi connectivity index (χ4v) is 3.60. The van der Waals surface area contributed by atoms with Crippen molar-refractivity contribution in [3.05, 3.63) is 66.2 Å². The largest absolute Gasteiger partial charge is 0.270 e. The summed E-state index contributed by atoms with van der Waals surface area (Å²) >= 11 is 0. The van der Waals surface area contributed by atoms with Crippen molar-refractivity contribution >= 4 is 15.7 Å². The number of hydrogen-bond acceptors (Lipinski definition) is 2. The number of rotatable bonds is 5. The molecule has 0 spiro atoms. The molecule has 0 unspecified atom stereocenters. The normalized spacial score (nSPS) is 11.2. The Labute approximate surface area is 114 Å². The van der Waals surface area contributed by atoms with Gasteiger partial charge in [0.05, 0.1) is 11.4 Å². The summed E-state index contributed by atoms with van der Waals surface area (Å²) in [6.07, 6.45) is 0. The van der Waals surface area contributed by atoms with Gasteiger partial charge in [-0.2, -0.15) is 0 Å². The van der Waals surface area contributed by atoms with Gasteiger partial charge < -0.3 is 0 Å². The third kappa shape index (κ3) is 3.35. The molecule has 0 saturated heterocycles. The minimum Gasteiger partial charge on any atom is -0.270 e. The Morgan fingerprint density at radius 1 is 0.895 bits per heavy atom. The predicted molar refractivity (Wildman–Crippen MR) is 78.5 cm³/mol. The summed E-state index contributed by atoms with van der Waals surface area (Å²) in [5.41, 5.74) is 1.51. The van der Waals surface area contributed by atoms with Crippen LogP contribution in [0.1, 0.15) is 12.5 Å². The second-order valence-corrected chi connectivity index (χ2v) is 6.14. The van der Waals surface area contributed by atoms with Crippen molar-refractivity contribution in [2.24, 2.45) is 0 Å². The Morgan fingerprint density at radius 3 is 1.95 bits per heavy atom. The molecule has 0 aliphatic heterocycles. The number of hydrogen-bond donors (Lipinski definition) is 0. The van der Waals surface area contributed by atoms with E-state index in [0.29, 0.717) is 12.2 Å². The highest BCUT2D eigenvalue weighted by Gasteiger charge is 2.21. The molecule has 19 heavy (non-hydrogen) atoms. The zero-order chi connectivity index (χ0) is 13.7. The van der Waals surface area contributed by atoms with Gasteiger partial charge in [-0.25, -0.2) is 8.42 Å². The van der Waals surface area contributed by atoms with Crippen molar-refractivity contribution in [3.63, 3.8) is 0 Å². The van der Waals surface area contributed by atoms with Crippen molar-refractivity contribution in [2.75, 3.05) is 10.8 Å². The highest BCUT2D eigenvalue weighted by atomic mass is 32.2. The fourth-order valence-electron chi connectivity index (χ4n) is 2.00. The van der Waals surface area contributed by atoms with Crippen LogP contribution in [0.3, 0.4) is 0 Å². The minimum atomic E-state index is -3.35. The van der Waals surface area contributed by atoms with Crippen LogP contribution in [-0.2, 0) is 15.8 Å². The first-order valence-electron chi connectivity index (χ1n) is 6.23. The van der Waals surface area contributed by atoms with Crippen molar-refractivity contribution < 1.29 is 8.42 Å². The summed E-state index contributed by atoms with van der Waals surface area (Å²) < 4.78 is 26.4. The standard InChI is InChI=1S/C15H17NO2S/c1-2-16(15-11-7-4-8-12-15)19(17,18)13-14-9-5-3-6-10-14/h3-12H,2,13H2,1H3. The summed E-state index contributed by atoms with van der Waals surface area (Å²) in [7, 11) is -3.35. The molecule has 0 heterocycles. The van der Waals surface area contributed by atoms with Crippen molar-refractivity contribution in [3.8, 4) is 0 Å². The first-order chi connectivity index (χ1) is 9.13. The van der Waals surface area contributed by atoms with E-state index in [-0.39, 0.29) is 5.75 Å². The highest BCUT2D eigenvalue weighted by molar-refractivity contribution is 7.92. The summed E-state index contributed by atoms with van der Waals surface area (Å²) in [6.45, 7) is 2.27. The van der Waals surface area contributed by atoms with Gasteiger partial charge in [0.25, 0.3) is 0 Å². The van der Waals surface area contributed by atoms with E-state index >= 15 is 0 Å². The first kappa shape index (κ1) is 13.6. The van der Waals surface area contributed by atoms with Crippen LogP contribution >= 0.6 is 0 Å². The lowest BCUT2D eigenvalue weighted by Gasteiger charge is -2.22. The SMILES string of the molecule is CCN(c1ccccc1)S(=O)(=O)Cc1ccccc1. The second-order valence-electron chi connectivity index (χ2n) is 4.24. The lowest BCUT2D eigenvalue weighted by Crippen LogP contribution is -2.31. The molecular formula is C15H17NO2S. The van der Waals surface area contributed by atoms with E-state index in [1.807, 2.05) is 67.6 Å². The summed E-state index contributed by atoms with van der Waals surface area (Å²) in [5, 5.41) is 0. The quantitative estimate of drug-likeness (QED) is 0.841. The predicted octanol–water partition coefficient (Wildman–Crippen LogP) is 3.04. The van der Waals surface area contributed by atoms with E-state index in [0.717, 1.165) is 5.56 Å². The molecule has 0 fully saturated rings. The zero-order valence-electron chi connectivity index (χ0n) is 10.9. The molecular weight excluding hydrogens is 258 g/mol. The Bertz CT molecular complexity index is 609. The van der Waals surface area contributed by atoms with Gasteiger partial charge in [0.2, 0.25) is 10.0 Å². The van der Waals surface area contributed by atoms with Gasteiger partial charge in [0.1, 0.15) is 0 Å². The molecule has 0 aliphatic carbocycles. The number of benzene rings is 2. The Morgan fingerprint density at radius 2 is 1.42 bits per heavy atom. The van der Waals surface area contributed by atoms with Crippen molar-refractivity contribution in [1.29, 1.82) is 0 Å². The number of para-hydroxylation sites is 1. The zero-order valence-corrected chi connectivity index (χ0v) is 11.7. The number of anilines is 1. The van der Waals surface area contributed by atoms with E-state index in [1.54, 1.807) is 0 Å². The minimum absolute atomic E-state index is 0.0244. The lowest BCUT2D eigenvalue weighted by molar-refractivity contribution is 0.591. The maximum absolute atomic E-state index is 12.5. The van der Waals surface area contributed by atoms with E-state index in [9.17, 15) is 8.42 Å². The second kappa shape index (κ2) is 5.89. The third-order valence-corrected chi connectivity index (χ3v) is 4.70. The molecule has 0 amide bonds. The van der Waals surface area contributed by atoms with E-state index in [4.69, 9.17) is 0 Å². The Kier molecular flexibility index (Phi) is 4.22. The van der Waals surface area contributed by atoms with Gasteiger partial charge in [-0.1, -0.05) is 48.5 Å². The third-order valence-electron chi connectivity index (χ3n) is 2.86. The van der Waals surface area contributed by atoms with Crippen LogP contribution in [0, 0.1) is 0 Å². The molecule has 4 heteroatoms. The monoisotopic (exact) mass is 275 g/mol. The van der Waals surface area contributed by atoms with Gasteiger partial charge in [-0.05, 0) is 24.6 Å². The molecule has 0 saturated carbocycles. The molecule has 0 radical (unpaired) electrons. The summed E-state index contributed by atoms with van der Waals surface area (Å²) in [5.74, 6) is 0.0244. The van der Waals surface area contributed by atoms with E-state index in [1.165, 1.54) is 4.31 Å². The molecule has 0 bridgehead atoms. The fraction of sp³-hybridized carbons (Fsp3) is 0.200. The van der Waals surface area contributed by atoms with Gasteiger partial charge in [-0.15, -0.1) is 0 Å². The van der Waals surface area contributed by atoms with E-state index < -0.39 is 10.0 Å². The van der Waals surface area contributed by atoms with Gasteiger partial charge in [0.15, 0.2) is 0 Å². The Hall–Kier alpha value is -1.81. The van der Waals surface area contributed by atoms with Crippen LogP contribution in [0.2, 0.25) is 0 Å². The maximum Gasteiger partial charge on any atom is 0.239 e. The van der Waals surface area contributed by atoms with Crippen molar-refractivity contribution in [1.82, 2.24) is 0 Å². The topological polar surface area (TPSA) is 37.4 Å². The maximum atomic E-state index is 12.5. The van der Waals surface area contributed by atoms with Gasteiger partial charge >= 0.3 is 0 Å². The van der Waals surface area contributed by atoms with E-state index in [2.05, 4.69) is 0 Å². The molecule has 0 atom stereocenters. The van der Waals surface area contributed by atoms with Crippen LogP contribution in [0.15, 0.2) is 60.7 Å². The molecule has 100 valence electrons. The average Bonchev–Trinajstić information content (AvgIpc) is 2.41. The first-order valence-corrected chi connectivity index (χ1v) is 7.84. The van der Waals surface area contributed by atoms with Crippen LogP contribution in [0.25, 0.3) is 0 Å². The number of nitrogens with zero attached hydrogens (tertiary/aromatic N) is 1. The molecule has 3 nitrogen and oxygen atoms in total. The van der Waals surface area contributed by atoms with Crippen LogP contribution in [0.4, 0.5) is 5.69 Å². The van der Waals surface area contributed by atoms with Crippen LogP contribution < -0.4 is 4.31 Å². The summed E-state index contributed by atoms with van der Waals surface area (Å²) in [6, 6.07) is 18.4. The summed E-state index contributed by atoms with van der Waals surface area (Å²) in [4.78, 5) is 0. The number of sulfonamides is 1. The molecule has 2 aromatic rings. The Balaban J connectivity index is 2.27. The van der Waals surface area contributed by atoms with Gasteiger partial charge in [0, 0.05) is 6.54 Å². The molecule has 2 rings (SSSR count). The van der Waals surface area contributed by atoms with Gasteiger partial charge in [-0.3, -0.25) is 4.31 Å².